The largest absolute Gasteiger partial charge is 0.496 e. The van der Waals surface area contributed by atoms with Crippen molar-refractivity contribution in [2.24, 2.45) is 0 Å². The first-order valence-electron chi connectivity index (χ1n) is 19.0. The van der Waals surface area contributed by atoms with Gasteiger partial charge < -0.3 is 18.3 Å². The smallest absolute Gasteiger partial charge is 0.237 e. The fourth-order valence-corrected chi connectivity index (χ4v) is 12.5. The molecule has 0 aliphatic heterocycles. The van der Waals surface area contributed by atoms with Crippen LogP contribution in [0.2, 0.25) is 0 Å². The predicted molar refractivity (Wildman–Crippen MR) is 225 cm³/mol. The molecule has 0 saturated heterocycles. The Morgan fingerprint density at radius 1 is 0.463 bits per heavy atom. The first kappa shape index (κ1) is 34.3. The van der Waals surface area contributed by atoms with Crippen LogP contribution in [0, 0.1) is 0 Å². The van der Waals surface area contributed by atoms with Crippen molar-refractivity contribution in [3.05, 3.63) is 83.9 Å². The molecule has 0 unspecified atom stereocenters. The molecule has 274 valence electrons. The van der Waals surface area contributed by atoms with Crippen molar-refractivity contribution < 1.29 is 18.3 Å². The van der Waals surface area contributed by atoms with E-state index in [4.69, 9.17) is 28.3 Å². The summed E-state index contributed by atoms with van der Waals surface area (Å²) in [5, 5.41) is 0. The second-order valence-electron chi connectivity index (χ2n) is 14.5. The van der Waals surface area contributed by atoms with Crippen LogP contribution in [-0.2, 0) is 0 Å². The average Bonchev–Trinajstić information content (AvgIpc) is 4.06. The lowest BCUT2D eigenvalue weighted by Gasteiger charge is -2.23. The van der Waals surface area contributed by atoms with E-state index in [9.17, 15) is 0 Å². The fraction of sp³-hybridized carbons (Fsp3) is 0.318. The molecule has 2 aromatic carbocycles. The maximum Gasteiger partial charge on any atom is 0.237 e. The molecule has 2 aliphatic rings. The standard InChI is InChI=1S/C44H40N2O4S4/c1-47-31-23-33-29(21-27(31)25-9-5-3-6-10-25)45-43(49-33)41-19-17-39(53-41)37-15-13-35(51-37)36-14-16-38(52-36)40-18-20-42(54-40)44-46-30-22-28(26-11-7-4-8-12-26)32(48-2)24-34(30)50-44/h13-26H,3-12H2,1-2H3. The molecule has 0 spiro atoms. The molecule has 54 heavy (non-hydrogen) atoms. The average molecular weight is 789 g/mol. The molecule has 10 heteroatoms. The zero-order chi connectivity index (χ0) is 36.2. The van der Waals surface area contributed by atoms with E-state index in [-0.39, 0.29) is 0 Å². The Balaban J connectivity index is 0.862. The highest BCUT2D eigenvalue weighted by Gasteiger charge is 2.24. The molecule has 2 saturated carbocycles. The summed E-state index contributed by atoms with van der Waals surface area (Å²) in [5.41, 5.74) is 5.91. The van der Waals surface area contributed by atoms with Crippen LogP contribution in [0.15, 0.2) is 81.6 Å². The summed E-state index contributed by atoms with van der Waals surface area (Å²) >= 11 is 7.10. The van der Waals surface area contributed by atoms with E-state index >= 15 is 0 Å². The van der Waals surface area contributed by atoms with Crippen molar-refractivity contribution >= 4 is 67.5 Å². The van der Waals surface area contributed by atoms with Crippen LogP contribution in [0.4, 0.5) is 0 Å². The molecule has 0 amide bonds. The molecule has 0 atom stereocenters. The van der Waals surface area contributed by atoms with Gasteiger partial charge in [0, 0.05) is 41.4 Å². The second kappa shape index (κ2) is 14.5. The zero-order valence-electron chi connectivity index (χ0n) is 30.3. The highest BCUT2D eigenvalue weighted by molar-refractivity contribution is 7.29. The highest BCUT2D eigenvalue weighted by atomic mass is 32.1. The molecule has 10 rings (SSSR count). The number of aromatic nitrogens is 2. The summed E-state index contributed by atoms with van der Waals surface area (Å²) in [7, 11) is 3.51. The van der Waals surface area contributed by atoms with Gasteiger partial charge in [0.25, 0.3) is 0 Å². The van der Waals surface area contributed by atoms with Gasteiger partial charge in [-0.1, -0.05) is 38.5 Å². The monoisotopic (exact) mass is 788 g/mol. The third-order valence-corrected chi connectivity index (χ3v) is 16.0. The number of hydrogen-bond donors (Lipinski definition) is 0. The Morgan fingerprint density at radius 3 is 1.15 bits per heavy atom. The van der Waals surface area contributed by atoms with Crippen molar-refractivity contribution in [3.63, 3.8) is 0 Å². The Bertz CT molecular complexity index is 2410. The number of nitrogens with zero attached hydrogens (tertiary/aromatic N) is 2. The van der Waals surface area contributed by atoms with E-state index < -0.39 is 0 Å². The number of thiophene rings is 4. The molecule has 2 aliphatic carbocycles. The summed E-state index contributed by atoms with van der Waals surface area (Å²) in [6, 6.07) is 26.0. The normalized spacial score (nSPS) is 15.8. The van der Waals surface area contributed by atoms with Crippen LogP contribution in [0.3, 0.4) is 0 Å². The van der Waals surface area contributed by atoms with Gasteiger partial charge in [0.05, 0.1) is 24.0 Å². The van der Waals surface area contributed by atoms with Gasteiger partial charge in [-0.05, 0) is 109 Å². The maximum absolute atomic E-state index is 6.30. The van der Waals surface area contributed by atoms with E-state index in [0.29, 0.717) is 23.6 Å². The zero-order valence-corrected chi connectivity index (χ0v) is 33.6. The molecule has 0 radical (unpaired) electrons. The molecule has 8 aromatic rings. The van der Waals surface area contributed by atoms with Gasteiger partial charge in [0.1, 0.15) is 22.5 Å². The minimum atomic E-state index is 0.534. The van der Waals surface area contributed by atoms with Crippen LogP contribution in [-0.4, -0.2) is 24.2 Å². The van der Waals surface area contributed by atoms with Gasteiger partial charge >= 0.3 is 0 Å². The van der Waals surface area contributed by atoms with Crippen LogP contribution in [0.5, 0.6) is 11.5 Å². The number of ether oxygens (including phenoxy) is 2. The predicted octanol–water partition coefficient (Wildman–Crippen LogP) is 14.7. The van der Waals surface area contributed by atoms with Crippen molar-refractivity contribution in [2.45, 2.75) is 76.0 Å². The van der Waals surface area contributed by atoms with E-state index in [1.54, 1.807) is 36.9 Å². The molecule has 6 nitrogen and oxygen atoms in total. The lowest BCUT2D eigenvalue weighted by Crippen LogP contribution is -2.06. The van der Waals surface area contributed by atoms with Crippen LogP contribution in [0.25, 0.3) is 73.0 Å². The Labute approximate surface area is 330 Å². The third-order valence-electron chi connectivity index (χ3n) is 11.1. The van der Waals surface area contributed by atoms with Gasteiger partial charge in [0.15, 0.2) is 11.2 Å². The highest BCUT2D eigenvalue weighted by Crippen LogP contribution is 2.47. The Morgan fingerprint density at radius 2 is 0.796 bits per heavy atom. The fourth-order valence-electron chi connectivity index (χ4n) is 8.35. The minimum Gasteiger partial charge on any atom is -0.496 e. The molecule has 6 aromatic heterocycles. The first-order valence-corrected chi connectivity index (χ1v) is 22.2. The molecule has 2 fully saturated rings. The van der Waals surface area contributed by atoms with E-state index in [0.717, 1.165) is 43.5 Å². The summed E-state index contributed by atoms with van der Waals surface area (Å²) in [4.78, 5) is 19.4. The van der Waals surface area contributed by atoms with Crippen LogP contribution >= 0.6 is 45.3 Å². The van der Waals surface area contributed by atoms with Gasteiger partial charge in [-0.25, -0.2) is 9.97 Å². The van der Waals surface area contributed by atoms with Gasteiger partial charge in [-0.15, -0.1) is 45.3 Å². The van der Waals surface area contributed by atoms with E-state index in [1.165, 1.54) is 105 Å². The maximum atomic E-state index is 6.30. The minimum absolute atomic E-state index is 0.534. The number of rotatable bonds is 9. The number of benzene rings is 2. The number of hydrogen-bond acceptors (Lipinski definition) is 10. The lowest BCUT2D eigenvalue weighted by molar-refractivity contribution is 0.387. The molecular weight excluding hydrogens is 749 g/mol. The van der Waals surface area contributed by atoms with Gasteiger partial charge in [-0.3, -0.25) is 0 Å². The van der Waals surface area contributed by atoms with Crippen LogP contribution in [0.1, 0.15) is 87.2 Å². The molecule has 0 bridgehead atoms. The van der Waals surface area contributed by atoms with Crippen LogP contribution < -0.4 is 9.47 Å². The SMILES string of the molecule is COc1cc2oc(-c3ccc(-c4ccc(-c5ccc(-c6ccc(-c7nc8cc(C9CCCCC9)c(OC)cc8o7)s6)s5)s4)s3)nc2cc1C1CCCCC1. The summed E-state index contributed by atoms with van der Waals surface area (Å²) in [5.74, 6) is 4.23. The third kappa shape index (κ3) is 6.40. The van der Waals surface area contributed by atoms with Crippen molar-refractivity contribution in [1.82, 2.24) is 9.97 Å². The van der Waals surface area contributed by atoms with E-state index in [2.05, 4.69) is 60.7 Å². The topological polar surface area (TPSA) is 70.5 Å². The van der Waals surface area contributed by atoms with Crippen molar-refractivity contribution in [3.8, 4) is 62.3 Å². The summed E-state index contributed by atoms with van der Waals surface area (Å²) in [6.45, 7) is 0. The summed E-state index contributed by atoms with van der Waals surface area (Å²) < 4.78 is 24.2. The number of methoxy groups -OCH3 is 2. The quantitative estimate of drug-likeness (QED) is 0.145. The second-order valence-corrected chi connectivity index (χ2v) is 18.8. The van der Waals surface area contributed by atoms with E-state index in [1.807, 2.05) is 34.8 Å². The number of oxazole rings is 2. The Kier molecular flexibility index (Phi) is 9.18. The first-order chi connectivity index (χ1) is 26.6. The molecule has 6 heterocycles. The van der Waals surface area contributed by atoms with Gasteiger partial charge in [-0.2, -0.15) is 0 Å². The lowest BCUT2D eigenvalue weighted by atomic mass is 9.83. The summed E-state index contributed by atoms with van der Waals surface area (Å²) in [6.07, 6.45) is 12.6. The van der Waals surface area contributed by atoms with Crippen molar-refractivity contribution in [2.75, 3.05) is 14.2 Å². The van der Waals surface area contributed by atoms with Crippen molar-refractivity contribution in [1.29, 1.82) is 0 Å². The number of fused-ring (bicyclic) bond motifs is 2. The Hall–Kier alpha value is -4.22. The molecule has 0 N–H and O–H groups in total. The van der Waals surface area contributed by atoms with Gasteiger partial charge in [0.2, 0.25) is 11.8 Å². The molecular formula is C44H40N2O4S4.